The first-order valence-electron chi connectivity index (χ1n) is 7.35. The van der Waals surface area contributed by atoms with Crippen molar-refractivity contribution in [3.8, 4) is 0 Å². The van der Waals surface area contributed by atoms with Gasteiger partial charge in [-0.15, -0.1) is 11.3 Å². The average Bonchev–Trinajstić information content (AvgIpc) is 3.03. The number of rotatable bonds is 7. The van der Waals surface area contributed by atoms with Crippen LogP contribution in [-0.2, 0) is 25.9 Å². The van der Waals surface area contributed by atoms with Gasteiger partial charge in [0.05, 0.1) is 6.54 Å². The summed E-state index contributed by atoms with van der Waals surface area (Å²) >= 11 is 1.85. The predicted octanol–water partition coefficient (Wildman–Crippen LogP) is 3.01. The Balaban J connectivity index is 2.04. The Morgan fingerprint density at radius 1 is 1.20 bits per heavy atom. The van der Waals surface area contributed by atoms with Crippen LogP contribution in [0.1, 0.15) is 49.1 Å². The van der Waals surface area contributed by atoms with Crippen molar-refractivity contribution in [1.29, 1.82) is 0 Å². The van der Waals surface area contributed by atoms with E-state index in [0.717, 1.165) is 37.6 Å². The SMILES string of the molecule is CCc1nc(CC)n(Cc2ccc(CNC(C)C)s2)n1. The molecule has 0 amide bonds. The number of nitrogens with zero attached hydrogens (tertiary/aromatic N) is 3. The van der Waals surface area contributed by atoms with Gasteiger partial charge < -0.3 is 5.32 Å². The molecule has 110 valence electrons. The molecule has 20 heavy (non-hydrogen) atoms. The van der Waals surface area contributed by atoms with Gasteiger partial charge in [0.2, 0.25) is 0 Å². The lowest BCUT2D eigenvalue weighted by molar-refractivity contribution is 0.593. The van der Waals surface area contributed by atoms with Gasteiger partial charge in [-0.1, -0.05) is 27.7 Å². The largest absolute Gasteiger partial charge is 0.310 e. The van der Waals surface area contributed by atoms with E-state index in [2.05, 4.69) is 55.2 Å². The van der Waals surface area contributed by atoms with E-state index in [9.17, 15) is 0 Å². The van der Waals surface area contributed by atoms with Crippen LogP contribution in [0.15, 0.2) is 12.1 Å². The van der Waals surface area contributed by atoms with Crippen LogP contribution < -0.4 is 5.32 Å². The second kappa shape index (κ2) is 6.99. The molecule has 0 radical (unpaired) electrons. The molecule has 0 aliphatic heterocycles. The van der Waals surface area contributed by atoms with Crippen LogP contribution in [0, 0.1) is 0 Å². The maximum Gasteiger partial charge on any atom is 0.150 e. The van der Waals surface area contributed by atoms with Gasteiger partial charge in [-0.25, -0.2) is 9.67 Å². The van der Waals surface area contributed by atoms with E-state index in [-0.39, 0.29) is 0 Å². The molecule has 0 saturated heterocycles. The number of thiophene rings is 1. The van der Waals surface area contributed by atoms with Gasteiger partial charge in [0.25, 0.3) is 0 Å². The van der Waals surface area contributed by atoms with Crippen molar-refractivity contribution in [1.82, 2.24) is 20.1 Å². The molecule has 0 bridgehead atoms. The van der Waals surface area contributed by atoms with Gasteiger partial charge in [-0.2, -0.15) is 5.10 Å². The van der Waals surface area contributed by atoms with Crippen LogP contribution in [0.5, 0.6) is 0 Å². The van der Waals surface area contributed by atoms with E-state index in [0.29, 0.717) is 6.04 Å². The molecular formula is C15H24N4S. The normalized spacial score (nSPS) is 11.4. The second-order valence-corrected chi connectivity index (χ2v) is 6.47. The van der Waals surface area contributed by atoms with E-state index in [4.69, 9.17) is 0 Å². The lowest BCUT2D eigenvalue weighted by Crippen LogP contribution is -2.21. The summed E-state index contributed by atoms with van der Waals surface area (Å²) in [6.45, 7) is 10.4. The quantitative estimate of drug-likeness (QED) is 0.853. The van der Waals surface area contributed by atoms with Gasteiger partial charge in [0.15, 0.2) is 5.82 Å². The molecule has 0 fully saturated rings. The summed E-state index contributed by atoms with van der Waals surface area (Å²) in [5.41, 5.74) is 0. The van der Waals surface area contributed by atoms with E-state index in [1.165, 1.54) is 9.75 Å². The van der Waals surface area contributed by atoms with Gasteiger partial charge in [-0.05, 0) is 12.1 Å². The third-order valence-corrected chi connectivity index (χ3v) is 4.20. The van der Waals surface area contributed by atoms with Crippen LogP contribution >= 0.6 is 11.3 Å². The summed E-state index contributed by atoms with van der Waals surface area (Å²) in [5.74, 6) is 2.03. The van der Waals surface area contributed by atoms with E-state index >= 15 is 0 Å². The first-order valence-corrected chi connectivity index (χ1v) is 8.17. The number of hydrogen-bond donors (Lipinski definition) is 1. The third-order valence-electron chi connectivity index (χ3n) is 3.13. The summed E-state index contributed by atoms with van der Waals surface area (Å²) in [7, 11) is 0. The van der Waals surface area contributed by atoms with E-state index in [1.54, 1.807) is 0 Å². The molecule has 5 heteroatoms. The lowest BCUT2D eigenvalue weighted by Gasteiger charge is -2.05. The summed E-state index contributed by atoms with van der Waals surface area (Å²) in [4.78, 5) is 7.27. The molecule has 0 aliphatic rings. The van der Waals surface area contributed by atoms with Crippen LogP contribution in [0.3, 0.4) is 0 Å². The highest BCUT2D eigenvalue weighted by atomic mass is 32.1. The monoisotopic (exact) mass is 292 g/mol. The Labute approximate surface area is 125 Å². The summed E-state index contributed by atoms with van der Waals surface area (Å²) < 4.78 is 2.05. The fraction of sp³-hybridized carbons (Fsp3) is 0.600. The van der Waals surface area contributed by atoms with Gasteiger partial charge in [0.1, 0.15) is 5.82 Å². The molecule has 1 N–H and O–H groups in total. The summed E-state index contributed by atoms with van der Waals surface area (Å²) in [5, 5.41) is 8.03. The fourth-order valence-electron chi connectivity index (χ4n) is 2.02. The lowest BCUT2D eigenvalue weighted by atomic mass is 10.3. The molecule has 0 aromatic carbocycles. The zero-order valence-corrected chi connectivity index (χ0v) is 13.6. The summed E-state index contributed by atoms with van der Waals surface area (Å²) in [6.07, 6.45) is 1.83. The molecule has 0 spiro atoms. The van der Waals surface area contributed by atoms with Crippen molar-refractivity contribution in [2.45, 2.75) is 59.7 Å². The van der Waals surface area contributed by atoms with Gasteiger partial charge in [-0.3, -0.25) is 0 Å². The van der Waals surface area contributed by atoms with Gasteiger partial charge in [0, 0.05) is 35.2 Å². The highest BCUT2D eigenvalue weighted by Gasteiger charge is 2.09. The highest BCUT2D eigenvalue weighted by molar-refractivity contribution is 7.11. The smallest absolute Gasteiger partial charge is 0.150 e. The minimum Gasteiger partial charge on any atom is -0.310 e. The molecular weight excluding hydrogens is 268 g/mol. The predicted molar refractivity (Wildman–Crippen MR) is 84.2 cm³/mol. The first-order chi connectivity index (χ1) is 9.62. The third kappa shape index (κ3) is 3.90. The Bertz CT molecular complexity index is 542. The number of aryl methyl sites for hydroxylation is 2. The zero-order valence-electron chi connectivity index (χ0n) is 12.8. The molecule has 2 aromatic rings. The molecule has 4 nitrogen and oxygen atoms in total. The molecule has 2 heterocycles. The van der Waals surface area contributed by atoms with Crippen LogP contribution in [0.25, 0.3) is 0 Å². The van der Waals surface area contributed by atoms with Crippen molar-refractivity contribution >= 4 is 11.3 Å². The highest BCUT2D eigenvalue weighted by Crippen LogP contribution is 2.18. The molecule has 2 rings (SSSR count). The minimum absolute atomic E-state index is 0.523. The van der Waals surface area contributed by atoms with E-state index < -0.39 is 0 Å². The standard InChI is InChI=1S/C15H24N4S/c1-5-14-17-15(6-2)19(18-14)10-13-8-7-12(20-13)9-16-11(3)4/h7-8,11,16H,5-6,9-10H2,1-4H3. The van der Waals surface area contributed by atoms with Crippen LogP contribution in [0.2, 0.25) is 0 Å². The maximum absolute atomic E-state index is 4.57. The molecule has 0 unspecified atom stereocenters. The second-order valence-electron chi connectivity index (χ2n) is 5.21. The Morgan fingerprint density at radius 2 is 1.95 bits per heavy atom. The molecule has 2 aromatic heterocycles. The zero-order chi connectivity index (χ0) is 14.5. The van der Waals surface area contributed by atoms with Crippen molar-refractivity contribution in [3.05, 3.63) is 33.5 Å². The van der Waals surface area contributed by atoms with Crippen molar-refractivity contribution in [2.24, 2.45) is 0 Å². The molecule has 0 saturated carbocycles. The molecule has 0 atom stereocenters. The minimum atomic E-state index is 0.523. The summed E-state index contributed by atoms with van der Waals surface area (Å²) in [6, 6.07) is 4.93. The fourth-order valence-corrected chi connectivity index (χ4v) is 2.97. The Morgan fingerprint density at radius 3 is 2.60 bits per heavy atom. The number of nitrogens with one attached hydrogen (secondary N) is 1. The number of hydrogen-bond acceptors (Lipinski definition) is 4. The number of aromatic nitrogens is 3. The topological polar surface area (TPSA) is 42.7 Å². The maximum atomic E-state index is 4.57. The van der Waals surface area contributed by atoms with E-state index in [1.807, 2.05) is 16.0 Å². The Hall–Kier alpha value is -1.20. The first kappa shape index (κ1) is 15.2. The van der Waals surface area contributed by atoms with Crippen molar-refractivity contribution < 1.29 is 0 Å². The van der Waals surface area contributed by atoms with Crippen molar-refractivity contribution in [2.75, 3.05) is 0 Å². The van der Waals surface area contributed by atoms with Gasteiger partial charge >= 0.3 is 0 Å². The Kier molecular flexibility index (Phi) is 5.31. The molecule has 0 aliphatic carbocycles. The average molecular weight is 292 g/mol. The van der Waals surface area contributed by atoms with Crippen LogP contribution in [0.4, 0.5) is 0 Å². The van der Waals surface area contributed by atoms with Crippen molar-refractivity contribution in [3.63, 3.8) is 0 Å². The van der Waals surface area contributed by atoms with Crippen LogP contribution in [-0.4, -0.2) is 20.8 Å².